The number of pyridine rings is 1. The van der Waals surface area contributed by atoms with E-state index in [0.29, 0.717) is 27.8 Å². The van der Waals surface area contributed by atoms with Gasteiger partial charge in [0.05, 0.1) is 18.4 Å². The van der Waals surface area contributed by atoms with Crippen molar-refractivity contribution < 1.29 is 14.1 Å². The molecule has 0 atom stereocenters. The molecule has 1 amide bonds. The Labute approximate surface area is 203 Å². The van der Waals surface area contributed by atoms with E-state index in [4.69, 9.17) is 20.9 Å². The minimum Gasteiger partial charge on any atom is -0.495 e. The smallest absolute Gasteiger partial charge is 0.350 e. The molecule has 35 heavy (non-hydrogen) atoms. The van der Waals surface area contributed by atoms with Crippen LogP contribution in [0.3, 0.4) is 0 Å². The monoisotopic (exact) mass is 490 g/mol. The molecule has 0 bridgehead atoms. The summed E-state index contributed by atoms with van der Waals surface area (Å²) in [4.78, 5) is 30.1. The Bertz CT molecular complexity index is 1620. The van der Waals surface area contributed by atoms with Gasteiger partial charge in [0, 0.05) is 16.8 Å². The van der Waals surface area contributed by atoms with Crippen molar-refractivity contribution in [1.82, 2.24) is 24.3 Å². The number of hydrogen-bond donors (Lipinski definition) is 1. The molecule has 0 unspecified atom stereocenters. The Kier molecular flexibility index (Phi) is 5.79. The van der Waals surface area contributed by atoms with Gasteiger partial charge in [0.1, 0.15) is 12.3 Å². The number of methoxy groups -OCH3 is 1. The summed E-state index contributed by atoms with van der Waals surface area (Å²) in [5.74, 6) is 0.588. The fraction of sp³-hybridized carbons (Fsp3) is 0.125. The summed E-state index contributed by atoms with van der Waals surface area (Å²) in [5.41, 5.74) is 2.51. The fourth-order valence-electron chi connectivity index (χ4n) is 3.65. The van der Waals surface area contributed by atoms with E-state index in [2.05, 4.69) is 20.6 Å². The highest BCUT2D eigenvalue weighted by Gasteiger charge is 2.19. The molecular formula is C24H19ClN6O4. The minimum atomic E-state index is -0.492. The third-order valence-corrected chi connectivity index (χ3v) is 5.51. The summed E-state index contributed by atoms with van der Waals surface area (Å²) in [7, 11) is 1.48. The number of fused-ring (bicyclic) bond motifs is 1. The SMILES string of the molecule is COc1ccc(Cl)cc1NC(=O)Cn1nc2c(-c3nc(-c4cccc(C)c4)no3)cccn2c1=O. The molecular weight excluding hydrogens is 472 g/mol. The molecule has 0 aliphatic heterocycles. The predicted molar refractivity (Wildman–Crippen MR) is 130 cm³/mol. The maximum Gasteiger partial charge on any atom is 0.350 e. The maximum absolute atomic E-state index is 12.9. The van der Waals surface area contributed by atoms with E-state index in [9.17, 15) is 9.59 Å². The van der Waals surface area contributed by atoms with Gasteiger partial charge in [0.25, 0.3) is 5.89 Å². The Balaban J connectivity index is 1.45. The molecule has 2 aromatic carbocycles. The number of nitrogens with one attached hydrogen (secondary N) is 1. The van der Waals surface area contributed by atoms with E-state index in [1.807, 2.05) is 31.2 Å². The zero-order valence-electron chi connectivity index (χ0n) is 18.7. The third kappa shape index (κ3) is 4.38. The van der Waals surface area contributed by atoms with Crippen molar-refractivity contribution in [2.24, 2.45) is 0 Å². The Morgan fingerprint density at radius 3 is 2.83 bits per heavy atom. The van der Waals surface area contributed by atoms with Crippen LogP contribution in [0.5, 0.6) is 5.75 Å². The molecule has 5 rings (SSSR count). The number of nitrogens with zero attached hydrogens (tertiary/aromatic N) is 5. The molecule has 0 aliphatic carbocycles. The molecule has 0 aliphatic rings. The van der Waals surface area contributed by atoms with Gasteiger partial charge < -0.3 is 14.6 Å². The fourth-order valence-corrected chi connectivity index (χ4v) is 3.82. The molecule has 176 valence electrons. The van der Waals surface area contributed by atoms with Crippen LogP contribution in [-0.4, -0.2) is 37.3 Å². The molecule has 0 radical (unpaired) electrons. The largest absolute Gasteiger partial charge is 0.495 e. The number of aryl methyl sites for hydroxylation is 1. The van der Waals surface area contributed by atoms with Crippen molar-refractivity contribution in [1.29, 1.82) is 0 Å². The minimum absolute atomic E-state index is 0.206. The van der Waals surface area contributed by atoms with Crippen LogP contribution in [0.1, 0.15) is 5.56 Å². The second-order valence-electron chi connectivity index (χ2n) is 7.74. The number of carbonyl (C=O) groups excluding carboxylic acids is 1. The van der Waals surface area contributed by atoms with E-state index in [0.717, 1.165) is 15.8 Å². The summed E-state index contributed by atoms with van der Waals surface area (Å²) in [6.45, 7) is 1.65. The molecule has 0 saturated carbocycles. The topological polar surface area (TPSA) is 117 Å². The van der Waals surface area contributed by atoms with Gasteiger partial charge in [0.15, 0.2) is 5.65 Å². The Morgan fingerprint density at radius 2 is 2.03 bits per heavy atom. The first-order chi connectivity index (χ1) is 16.9. The summed E-state index contributed by atoms with van der Waals surface area (Å²) in [6, 6.07) is 15.9. The van der Waals surface area contributed by atoms with Gasteiger partial charge in [-0.15, -0.1) is 5.10 Å². The summed E-state index contributed by atoms with van der Waals surface area (Å²) >= 11 is 6.02. The lowest BCUT2D eigenvalue weighted by molar-refractivity contribution is -0.117. The van der Waals surface area contributed by atoms with E-state index in [-0.39, 0.29) is 18.1 Å². The molecule has 3 heterocycles. The lowest BCUT2D eigenvalue weighted by Gasteiger charge is -2.10. The van der Waals surface area contributed by atoms with Gasteiger partial charge in [-0.05, 0) is 43.3 Å². The molecule has 11 heteroatoms. The van der Waals surface area contributed by atoms with E-state index < -0.39 is 11.6 Å². The standard InChI is InChI=1S/C24H19ClN6O4/c1-14-5-3-6-15(11-14)21-27-23(35-29-21)17-7-4-10-30-22(17)28-31(24(30)33)13-20(32)26-18-12-16(25)8-9-19(18)34-2/h3-12H,13H2,1-2H3,(H,26,32). The number of anilines is 1. The van der Waals surface area contributed by atoms with Gasteiger partial charge in [-0.2, -0.15) is 4.98 Å². The highest BCUT2D eigenvalue weighted by Crippen LogP contribution is 2.28. The van der Waals surface area contributed by atoms with Crippen LogP contribution in [0.15, 0.2) is 70.1 Å². The summed E-state index contributed by atoms with van der Waals surface area (Å²) in [5, 5.41) is 11.5. The average Bonchev–Trinajstić information content (AvgIpc) is 3.45. The number of halogens is 1. The molecule has 10 nitrogen and oxygen atoms in total. The van der Waals surface area contributed by atoms with Gasteiger partial charge in [-0.25, -0.2) is 13.9 Å². The van der Waals surface area contributed by atoms with Crippen molar-refractivity contribution in [3.63, 3.8) is 0 Å². The number of aromatic nitrogens is 5. The number of ether oxygens (including phenoxy) is 1. The molecule has 5 aromatic rings. The van der Waals surface area contributed by atoms with Crippen LogP contribution in [-0.2, 0) is 11.3 Å². The van der Waals surface area contributed by atoms with Crippen LogP contribution in [0.2, 0.25) is 5.02 Å². The molecule has 0 saturated heterocycles. The second kappa shape index (κ2) is 9.07. The first kappa shape index (κ1) is 22.4. The number of hydrogen-bond acceptors (Lipinski definition) is 7. The summed E-state index contributed by atoms with van der Waals surface area (Å²) in [6.07, 6.45) is 1.56. The normalized spacial score (nSPS) is 11.1. The van der Waals surface area contributed by atoms with E-state index in [1.165, 1.54) is 11.5 Å². The molecule has 1 N–H and O–H groups in total. The number of rotatable bonds is 6. The Hall–Kier alpha value is -4.44. The van der Waals surface area contributed by atoms with Gasteiger partial charge >= 0.3 is 5.69 Å². The quantitative estimate of drug-likeness (QED) is 0.384. The zero-order chi connectivity index (χ0) is 24.5. The second-order valence-corrected chi connectivity index (χ2v) is 8.18. The number of amides is 1. The van der Waals surface area contributed by atoms with E-state index in [1.54, 1.807) is 36.5 Å². The van der Waals surface area contributed by atoms with Gasteiger partial charge in [-0.1, -0.05) is 40.5 Å². The maximum atomic E-state index is 12.9. The van der Waals surface area contributed by atoms with Gasteiger partial charge in [0.2, 0.25) is 11.7 Å². The predicted octanol–water partition coefficient (Wildman–Crippen LogP) is 3.82. The average molecular weight is 491 g/mol. The lowest BCUT2D eigenvalue weighted by atomic mass is 10.1. The van der Waals surface area contributed by atoms with Crippen LogP contribution < -0.4 is 15.7 Å². The van der Waals surface area contributed by atoms with Crippen molar-refractivity contribution >= 4 is 28.8 Å². The van der Waals surface area contributed by atoms with Crippen LogP contribution in [0.25, 0.3) is 28.5 Å². The first-order valence-corrected chi connectivity index (χ1v) is 10.9. The van der Waals surface area contributed by atoms with Crippen molar-refractivity contribution in [2.75, 3.05) is 12.4 Å². The van der Waals surface area contributed by atoms with Crippen LogP contribution >= 0.6 is 11.6 Å². The van der Waals surface area contributed by atoms with Crippen molar-refractivity contribution in [2.45, 2.75) is 13.5 Å². The lowest BCUT2D eigenvalue weighted by Crippen LogP contribution is -2.28. The molecule has 0 spiro atoms. The highest BCUT2D eigenvalue weighted by atomic mass is 35.5. The van der Waals surface area contributed by atoms with E-state index >= 15 is 0 Å². The van der Waals surface area contributed by atoms with Crippen molar-refractivity contribution in [3.8, 4) is 28.6 Å². The third-order valence-electron chi connectivity index (χ3n) is 5.27. The van der Waals surface area contributed by atoms with Crippen LogP contribution in [0, 0.1) is 6.92 Å². The first-order valence-electron chi connectivity index (χ1n) is 10.6. The van der Waals surface area contributed by atoms with Crippen LogP contribution in [0.4, 0.5) is 5.69 Å². The zero-order valence-corrected chi connectivity index (χ0v) is 19.5. The van der Waals surface area contributed by atoms with Crippen molar-refractivity contribution in [3.05, 3.63) is 81.9 Å². The Morgan fingerprint density at radius 1 is 1.17 bits per heavy atom. The molecule has 3 aromatic heterocycles. The number of carbonyl (C=O) groups is 1. The highest BCUT2D eigenvalue weighted by molar-refractivity contribution is 6.31. The molecule has 0 fully saturated rings. The number of benzene rings is 2. The van der Waals surface area contributed by atoms with Gasteiger partial charge in [-0.3, -0.25) is 4.79 Å². The summed E-state index contributed by atoms with van der Waals surface area (Å²) < 4.78 is 13.1.